The number of unbranched alkanes of at least 4 members (excludes halogenated alkanes) is 9. The maximum absolute atomic E-state index is 5.87. The highest BCUT2D eigenvalue weighted by molar-refractivity contribution is 7.99. The van der Waals surface area contributed by atoms with E-state index < -0.39 is 0 Å². The SMILES string of the molecule is CCCCCCCCCCCCOc1ccc(Sc2ccccc2)cc1. The molecule has 0 amide bonds. The van der Waals surface area contributed by atoms with Crippen LogP contribution in [0.25, 0.3) is 0 Å². The van der Waals surface area contributed by atoms with Gasteiger partial charge in [0.15, 0.2) is 0 Å². The van der Waals surface area contributed by atoms with Crippen LogP contribution in [0.4, 0.5) is 0 Å². The van der Waals surface area contributed by atoms with E-state index >= 15 is 0 Å². The van der Waals surface area contributed by atoms with Gasteiger partial charge in [0.1, 0.15) is 5.75 Å². The van der Waals surface area contributed by atoms with Crippen molar-refractivity contribution in [2.45, 2.75) is 80.9 Å². The molecule has 0 atom stereocenters. The Morgan fingerprint density at radius 3 is 1.77 bits per heavy atom. The molecule has 2 aromatic rings. The molecule has 26 heavy (non-hydrogen) atoms. The molecule has 0 radical (unpaired) electrons. The average molecular weight is 371 g/mol. The van der Waals surface area contributed by atoms with Gasteiger partial charge in [0.05, 0.1) is 6.61 Å². The molecule has 0 heterocycles. The molecule has 2 heteroatoms. The molecule has 0 bridgehead atoms. The van der Waals surface area contributed by atoms with Gasteiger partial charge >= 0.3 is 0 Å². The largest absolute Gasteiger partial charge is 0.494 e. The molecule has 0 saturated carbocycles. The average Bonchev–Trinajstić information content (AvgIpc) is 2.68. The van der Waals surface area contributed by atoms with E-state index in [-0.39, 0.29) is 0 Å². The molecule has 0 aliphatic rings. The number of hydrogen-bond donors (Lipinski definition) is 0. The Bertz CT molecular complexity index is 565. The van der Waals surface area contributed by atoms with Gasteiger partial charge in [-0.05, 0) is 42.8 Å². The van der Waals surface area contributed by atoms with Gasteiger partial charge < -0.3 is 4.74 Å². The Morgan fingerprint density at radius 2 is 1.15 bits per heavy atom. The summed E-state index contributed by atoms with van der Waals surface area (Å²) in [6, 6.07) is 18.9. The highest BCUT2D eigenvalue weighted by Gasteiger charge is 1.99. The van der Waals surface area contributed by atoms with Gasteiger partial charge in [-0.25, -0.2) is 0 Å². The summed E-state index contributed by atoms with van der Waals surface area (Å²) >= 11 is 1.79. The topological polar surface area (TPSA) is 9.23 Å². The van der Waals surface area contributed by atoms with E-state index in [2.05, 4.69) is 61.5 Å². The van der Waals surface area contributed by atoms with E-state index in [0.717, 1.165) is 18.8 Å². The number of benzene rings is 2. The zero-order valence-corrected chi connectivity index (χ0v) is 17.1. The minimum absolute atomic E-state index is 0.835. The van der Waals surface area contributed by atoms with Gasteiger partial charge in [-0.15, -0.1) is 0 Å². The number of ether oxygens (including phenoxy) is 1. The molecule has 0 unspecified atom stereocenters. The van der Waals surface area contributed by atoms with Crippen molar-refractivity contribution in [3.05, 3.63) is 54.6 Å². The van der Waals surface area contributed by atoms with E-state index in [0.29, 0.717) is 0 Å². The van der Waals surface area contributed by atoms with Crippen LogP contribution in [0.5, 0.6) is 5.75 Å². The second-order valence-corrected chi connectivity index (χ2v) is 8.06. The number of rotatable bonds is 14. The number of hydrogen-bond acceptors (Lipinski definition) is 2. The maximum atomic E-state index is 5.87. The maximum Gasteiger partial charge on any atom is 0.119 e. The summed E-state index contributed by atoms with van der Waals surface area (Å²) in [6.07, 6.45) is 13.6. The summed E-state index contributed by atoms with van der Waals surface area (Å²) in [7, 11) is 0. The van der Waals surface area contributed by atoms with Crippen LogP contribution in [0.15, 0.2) is 64.4 Å². The zero-order valence-electron chi connectivity index (χ0n) is 16.3. The Labute approximate surface area is 164 Å². The van der Waals surface area contributed by atoms with Gasteiger partial charge in [0, 0.05) is 9.79 Å². The van der Waals surface area contributed by atoms with Gasteiger partial charge in [-0.3, -0.25) is 0 Å². The van der Waals surface area contributed by atoms with Crippen molar-refractivity contribution in [1.29, 1.82) is 0 Å². The first-order chi connectivity index (χ1) is 12.9. The fraction of sp³-hybridized carbons (Fsp3) is 0.500. The smallest absolute Gasteiger partial charge is 0.119 e. The minimum Gasteiger partial charge on any atom is -0.494 e. The molecule has 0 aliphatic carbocycles. The monoisotopic (exact) mass is 370 g/mol. The third kappa shape index (κ3) is 9.33. The quantitative estimate of drug-likeness (QED) is 0.310. The van der Waals surface area contributed by atoms with Crippen LogP contribution in [-0.4, -0.2) is 6.61 Å². The van der Waals surface area contributed by atoms with Crippen molar-refractivity contribution in [2.75, 3.05) is 6.61 Å². The molecule has 142 valence electrons. The molecule has 0 fully saturated rings. The van der Waals surface area contributed by atoms with E-state index in [9.17, 15) is 0 Å². The lowest BCUT2D eigenvalue weighted by atomic mass is 10.1. The summed E-state index contributed by atoms with van der Waals surface area (Å²) in [5.41, 5.74) is 0. The second kappa shape index (κ2) is 13.7. The highest BCUT2D eigenvalue weighted by atomic mass is 32.2. The van der Waals surface area contributed by atoms with E-state index in [1.807, 2.05) is 0 Å². The molecule has 0 aliphatic heterocycles. The molecular weight excluding hydrogens is 336 g/mol. The molecule has 0 aromatic heterocycles. The third-order valence-electron chi connectivity index (χ3n) is 4.57. The summed E-state index contributed by atoms with van der Waals surface area (Å²) in [6.45, 7) is 3.11. The van der Waals surface area contributed by atoms with Crippen LogP contribution < -0.4 is 4.74 Å². The van der Waals surface area contributed by atoms with Crippen molar-refractivity contribution in [3.8, 4) is 5.75 Å². The molecule has 0 spiro atoms. The lowest BCUT2D eigenvalue weighted by Gasteiger charge is -2.07. The summed E-state index contributed by atoms with van der Waals surface area (Å²) < 4.78 is 5.87. The summed E-state index contributed by atoms with van der Waals surface area (Å²) in [4.78, 5) is 2.52. The van der Waals surface area contributed by atoms with Crippen LogP contribution in [0.2, 0.25) is 0 Å². The van der Waals surface area contributed by atoms with Crippen molar-refractivity contribution in [3.63, 3.8) is 0 Å². The van der Waals surface area contributed by atoms with E-state index in [4.69, 9.17) is 4.74 Å². The van der Waals surface area contributed by atoms with Gasteiger partial charge in [-0.2, -0.15) is 0 Å². The Hall–Kier alpha value is -1.41. The van der Waals surface area contributed by atoms with Gasteiger partial charge in [0.2, 0.25) is 0 Å². The van der Waals surface area contributed by atoms with Crippen molar-refractivity contribution >= 4 is 11.8 Å². The molecule has 2 aromatic carbocycles. The van der Waals surface area contributed by atoms with Crippen LogP contribution in [-0.2, 0) is 0 Å². The van der Waals surface area contributed by atoms with E-state index in [1.54, 1.807) is 11.8 Å². The predicted molar refractivity (Wildman–Crippen MR) is 114 cm³/mol. The van der Waals surface area contributed by atoms with Crippen LogP contribution in [0.3, 0.4) is 0 Å². The van der Waals surface area contributed by atoms with Crippen LogP contribution in [0.1, 0.15) is 71.1 Å². The Kier molecular flexibility index (Phi) is 11.1. The Morgan fingerprint density at radius 1 is 0.615 bits per heavy atom. The van der Waals surface area contributed by atoms with Crippen molar-refractivity contribution < 1.29 is 4.74 Å². The molecule has 2 rings (SSSR count). The fourth-order valence-corrected chi connectivity index (χ4v) is 3.85. The minimum atomic E-state index is 0.835. The van der Waals surface area contributed by atoms with Gasteiger partial charge in [-0.1, -0.05) is 94.7 Å². The Balaban J connectivity index is 1.49. The highest BCUT2D eigenvalue weighted by Crippen LogP contribution is 2.28. The fourth-order valence-electron chi connectivity index (χ4n) is 3.01. The molecule has 0 N–H and O–H groups in total. The first kappa shape index (κ1) is 20.9. The normalized spacial score (nSPS) is 10.8. The first-order valence-electron chi connectivity index (χ1n) is 10.3. The summed E-state index contributed by atoms with van der Waals surface area (Å²) in [5.74, 6) is 0.985. The van der Waals surface area contributed by atoms with Crippen molar-refractivity contribution in [2.24, 2.45) is 0 Å². The van der Waals surface area contributed by atoms with Crippen LogP contribution >= 0.6 is 11.8 Å². The molecule has 1 nitrogen and oxygen atoms in total. The lowest BCUT2D eigenvalue weighted by molar-refractivity contribution is 0.304. The first-order valence-corrected chi connectivity index (χ1v) is 11.2. The zero-order chi connectivity index (χ0) is 18.3. The van der Waals surface area contributed by atoms with Crippen molar-refractivity contribution in [1.82, 2.24) is 0 Å². The molecular formula is C24H34OS. The second-order valence-electron chi connectivity index (χ2n) is 6.92. The van der Waals surface area contributed by atoms with Crippen LogP contribution in [0, 0.1) is 0 Å². The summed E-state index contributed by atoms with van der Waals surface area (Å²) in [5, 5.41) is 0. The third-order valence-corrected chi connectivity index (χ3v) is 5.58. The predicted octanol–water partition coefficient (Wildman–Crippen LogP) is 8.14. The molecule has 0 saturated heterocycles. The van der Waals surface area contributed by atoms with E-state index in [1.165, 1.54) is 67.6 Å². The lowest BCUT2D eigenvalue weighted by Crippen LogP contribution is -1.97. The standard InChI is InChI=1S/C24H34OS/c1-2-3-4-5-6-7-8-9-10-14-21-25-22-17-19-24(20-18-22)26-23-15-12-11-13-16-23/h11-13,15-20H,2-10,14,21H2,1H3. The van der Waals surface area contributed by atoms with Gasteiger partial charge in [0.25, 0.3) is 0 Å².